The van der Waals surface area contributed by atoms with Crippen LogP contribution in [-0.2, 0) is 19.0 Å². The van der Waals surface area contributed by atoms with Crippen molar-refractivity contribution in [1.29, 1.82) is 0 Å². The fourth-order valence-corrected chi connectivity index (χ4v) is 1.67. The molecule has 5 heteroatoms. The van der Waals surface area contributed by atoms with Crippen LogP contribution in [-0.4, -0.2) is 35.4 Å². The molecule has 2 aliphatic rings. The van der Waals surface area contributed by atoms with Crippen molar-refractivity contribution in [3.63, 3.8) is 0 Å². The van der Waals surface area contributed by atoms with E-state index in [-0.39, 0.29) is 6.10 Å². The predicted molar refractivity (Wildman–Crippen MR) is 41.0 cm³/mol. The molecule has 0 aromatic carbocycles. The van der Waals surface area contributed by atoms with Gasteiger partial charge in [0.1, 0.15) is 6.10 Å². The van der Waals surface area contributed by atoms with Crippen molar-refractivity contribution in [2.45, 2.75) is 44.6 Å². The summed E-state index contributed by atoms with van der Waals surface area (Å²) in [5, 5.41) is 8.66. The quantitative estimate of drug-likeness (QED) is 0.642. The number of carboxylic acids is 1. The van der Waals surface area contributed by atoms with Gasteiger partial charge in [-0.25, -0.2) is 4.79 Å². The van der Waals surface area contributed by atoms with E-state index in [9.17, 15) is 4.79 Å². The third-order valence-corrected chi connectivity index (χ3v) is 2.16. The van der Waals surface area contributed by atoms with Crippen LogP contribution < -0.4 is 0 Å². The molecule has 3 unspecified atom stereocenters. The zero-order chi connectivity index (χ0) is 9.64. The topological polar surface area (TPSA) is 65.0 Å². The van der Waals surface area contributed by atoms with Gasteiger partial charge in [-0.1, -0.05) is 0 Å². The monoisotopic (exact) mass is 188 g/mol. The highest BCUT2D eigenvalue weighted by atomic mass is 16.8. The molecule has 0 saturated carbocycles. The third kappa shape index (κ3) is 1.54. The van der Waals surface area contributed by atoms with Gasteiger partial charge in [0.15, 0.2) is 18.2 Å². The van der Waals surface area contributed by atoms with Gasteiger partial charge in [0.2, 0.25) is 0 Å². The van der Waals surface area contributed by atoms with Gasteiger partial charge < -0.3 is 19.3 Å². The number of carboxylic acid groups (broad SMARTS) is 1. The van der Waals surface area contributed by atoms with E-state index in [2.05, 4.69) is 0 Å². The van der Waals surface area contributed by atoms with Crippen LogP contribution >= 0.6 is 0 Å². The maximum atomic E-state index is 10.6. The second-order valence-electron chi connectivity index (χ2n) is 3.74. The number of rotatable bonds is 1. The summed E-state index contributed by atoms with van der Waals surface area (Å²) in [4.78, 5) is 10.6. The van der Waals surface area contributed by atoms with Crippen molar-refractivity contribution in [3.8, 4) is 0 Å². The summed E-state index contributed by atoms with van der Waals surface area (Å²) < 4.78 is 15.9. The first-order chi connectivity index (χ1) is 5.98. The molecule has 0 radical (unpaired) electrons. The lowest BCUT2D eigenvalue weighted by atomic mass is 10.2. The van der Waals surface area contributed by atoms with E-state index in [1.54, 1.807) is 13.8 Å². The van der Waals surface area contributed by atoms with Crippen molar-refractivity contribution >= 4 is 5.97 Å². The zero-order valence-corrected chi connectivity index (χ0v) is 7.52. The SMILES string of the molecule is CC1(C)OC2CC(C(=O)O)OC2O1. The van der Waals surface area contributed by atoms with Crippen molar-refractivity contribution < 1.29 is 24.1 Å². The highest BCUT2D eigenvalue weighted by molar-refractivity contribution is 5.72. The van der Waals surface area contributed by atoms with E-state index < -0.39 is 24.2 Å². The Bertz CT molecular complexity index is 221. The van der Waals surface area contributed by atoms with Gasteiger partial charge in [0.05, 0.1) is 0 Å². The van der Waals surface area contributed by atoms with Gasteiger partial charge in [-0.2, -0.15) is 0 Å². The number of carbonyl (C=O) groups is 1. The van der Waals surface area contributed by atoms with E-state index in [0.717, 1.165) is 0 Å². The van der Waals surface area contributed by atoms with Gasteiger partial charge in [-0.05, 0) is 13.8 Å². The number of hydrogen-bond acceptors (Lipinski definition) is 4. The number of ether oxygens (including phenoxy) is 3. The minimum Gasteiger partial charge on any atom is -0.479 e. The van der Waals surface area contributed by atoms with Crippen molar-refractivity contribution in [2.75, 3.05) is 0 Å². The van der Waals surface area contributed by atoms with E-state index in [0.29, 0.717) is 6.42 Å². The lowest BCUT2D eigenvalue weighted by Crippen LogP contribution is -2.27. The highest BCUT2D eigenvalue weighted by Gasteiger charge is 2.50. The summed E-state index contributed by atoms with van der Waals surface area (Å²) in [5.74, 6) is -1.61. The summed E-state index contributed by atoms with van der Waals surface area (Å²) in [7, 11) is 0. The Morgan fingerprint density at radius 3 is 2.69 bits per heavy atom. The molecule has 0 amide bonds. The summed E-state index contributed by atoms with van der Waals surface area (Å²) in [6, 6.07) is 0. The van der Waals surface area contributed by atoms with Gasteiger partial charge in [0.25, 0.3) is 0 Å². The van der Waals surface area contributed by atoms with Crippen LogP contribution in [0, 0.1) is 0 Å². The van der Waals surface area contributed by atoms with Crippen LogP contribution in [0.3, 0.4) is 0 Å². The fourth-order valence-electron chi connectivity index (χ4n) is 1.67. The molecular weight excluding hydrogens is 176 g/mol. The number of aliphatic carboxylic acids is 1. The first-order valence-corrected chi connectivity index (χ1v) is 4.22. The molecule has 0 aliphatic carbocycles. The van der Waals surface area contributed by atoms with Gasteiger partial charge >= 0.3 is 5.97 Å². The molecule has 74 valence electrons. The Morgan fingerprint density at radius 2 is 2.15 bits per heavy atom. The first-order valence-electron chi connectivity index (χ1n) is 4.22. The Balaban J connectivity index is 2.01. The average Bonchev–Trinajstić information content (AvgIpc) is 2.39. The first kappa shape index (κ1) is 8.93. The van der Waals surface area contributed by atoms with E-state index >= 15 is 0 Å². The smallest absolute Gasteiger partial charge is 0.333 e. The Hall–Kier alpha value is -0.650. The molecule has 0 bridgehead atoms. The maximum Gasteiger partial charge on any atom is 0.333 e. The van der Waals surface area contributed by atoms with E-state index in [4.69, 9.17) is 19.3 Å². The second-order valence-corrected chi connectivity index (χ2v) is 3.74. The maximum absolute atomic E-state index is 10.6. The van der Waals surface area contributed by atoms with Crippen LogP contribution in [0.1, 0.15) is 20.3 Å². The Kier molecular flexibility index (Phi) is 1.83. The van der Waals surface area contributed by atoms with Crippen molar-refractivity contribution in [3.05, 3.63) is 0 Å². The van der Waals surface area contributed by atoms with Crippen molar-refractivity contribution in [2.24, 2.45) is 0 Å². The highest BCUT2D eigenvalue weighted by Crippen LogP contribution is 2.36. The van der Waals surface area contributed by atoms with E-state index in [1.807, 2.05) is 0 Å². The lowest BCUT2D eigenvalue weighted by molar-refractivity contribution is -0.209. The van der Waals surface area contributed by atoms with Crippen LogP contribution in [0.5, 0.6) is 0 Å². The van der Waals surface area contributed by atoms with Gasteiger partial charge in [0, 0.05) is 6.42 Å². The molecule has 0 aromatic rings. The van der Waals surface area contributed by atoms with Gasteiger partial charge in [-0.3, -0.25) is 0 Å². The summed E-state index contributed by atoms with van der Waals surface area (Å²) in [5.41, 5.74) is 0. The molecule has 0 spiro atoms. The minimum absolute atomic E-state index is 0.240. The van der Waals surface area contributed by atoms with Crippen molar-refractivity contribution in [1.82, 2.24) is 0 Å². The zero-order valence-electron chi connectivity index (χ0n) is 7.52. The van der Waals surface area contributed by atoms with E-state index in [1.165, 1.54) is 0 Å². The molecule has 13 heavy (non-hydrogen) atoms. The summed E-state index contributed by atoms with van der Waals surface area (Å²) >= 11 is 0. The molecule has 2 saturated heterocycles. The van der Waals surface area contributed by atoms with Crippen LogP contribution in [0.4, 0.5) is 0 Å². The average molecular weight is 188 g/mol. The minimum atomic E-state index is -0.959. The summed E-state index contributed by atoms with van der Waals surface area (Å²) in [6.07, 6.45) is -1.18. The Morgan fingerprint density at radius 1 is 1.46 bits per heavy atom. The molecule has 2 aliphatic heterocycles. The van der Waals surface area contributed by atoms with Crippen LogP contribution in [0.2, 0.25) is 0 Å². The number of hydrogen-bond donors (Lipinski definition) is 1. The molecule has 2 rings (SSSR count). The van der Waals surface area contributed by atoms with Gasteiger partial charge in [-0.15, -0.1) is 0 Å². The molecular formula is C8H12O5. The third-order valence-electron chi connectivity index (χ3n) is 2.16. The molecule has 1 N–H and O–H groups in total. The standard InChI is InChI=1S/C8H12O5/c1-8(2)12-5-3-4(6(9)10)11-7(5)13-8/h4-5,7H,3H2,1-2H3,(H,9,10). The molecule has 5 nitrogen and oxygen atoms in total. The predicted octanol–water partition coefficient (Wildman–Crippen LogP) is 0.337. The molecule has 3 atom stereocenters. The Labute approximate surface area is 75.6 Å². The normalized spacial score (nSPS) is 41.8. The summed E-state index contributed by atoms with van der Waals surface area (Å²) in [6.45, 7) is 3.56. The molecule has 2 fully saturated rings. The van der Waals surface area contributed by atoms with Crippen LogP contribution in [0.15, 0.2) is 0 Å². The second kappa shape index (κ2) is 2.67. The largest absolute Gasteiger partial charge is 0.479 e. The van der Waals surface area contributed by atoms with Crippen LogP contribution in [0.25, 0.3) is 0 Å². The lowest BCUT2D eigenvalue weighted by Gasteiger charge is -2.18. The number of fused-ring (bicyclic) bond motifs is 1. The molecule has 2 heterocycles. The molecule has 0 aromatic heterocycles. The fraction of sp³-hybridized carbons (Fsp3) is 0.875.